The molecule has 0 bridgehead atoms. The molecule has 8 heteroatoms. The van der Waals surface area contributed by atoms with Crippen molar-refractivity contribution in [3.8, 4) is 0 Å². The maximum absolute atomic E-state index is 12.3. The normalized spacial score (nSPS) is 14.3. The van der Waals surface area contributed by atoms with Crippen LogP contribution in [0.25, 0.3) is 0 Å². The van der Waals surface area contributed by atoms with E-state index in [1.807, 2.05) is 13.8 Å². The Kier molecular flexibility index (Phi) is 5.32. The Bertz CT molecular complexity index is 541. The van der Waals surface area contributed by atoms with Crippen LogP contribution in [0.2, 0.25) is 0 Å². The summed E-state index contributed by atoms with van der Waals surface area (Å²) in [4.78, 5) is -0.776. The van der Waals surface area contributed by atoms with Crippen LogP contribution in [-0.4, -0.2) is 25.8 Å². The minimum absolute atomic E-state index is 0.131. The monoisotopic (exact) mass is 329 g/mol. The van der Waals surface area contributed by atoms with E-state index < -0.39 is 20.2 Å². The topological polar surface area (TPSA) is 46.2 Å². The van der Waals surface area contributed by atoms with E-state index in [1.54, 1.807) is 0 Å². The average molecular weight is 330 g/mol. The van der Waals surface area contributed by atoms with Crippen molar-refractivity contribution in [3.63, 3.8) is 0 Å². The molecule has 1 aromatic carbocycles. The third-order valence-corrected chi connectivity index (χ3v) is 4.85. The minimum atomic E-state index is -5.29. The van der Waals surface area contributed by atoms with E-state index in [2.05, 4.69) is 5.32 Å². The first-order valence-electron chi connectivity index (χ1n) is 5.85. The number of halogens is 4. The zero-order valence-corrected chi connectivity index (χ0v) is 12.5. The van der Waals surface area contributed by atoms with Crippen molar-refractivity contribution < 1.29 is 21.6 Å². The molecule has 114 valence electrons. The maximum atomic E-state index is 12.3. The number of alkyl halides is 4. The van der Waals surface area contributed by atoms with Crippen molar-refractivity contribution in [2.24, 2.45) is 5.92 Å². The largest absolute Gasteiger partial charge is 0.501 e. The van der Waals surface area contributed by atoms with Crippen LogP contribution in [-0.2, 0) is 9.84 Å². The minimum Gasteiger partial charge on any atom is -0.384 e. The van der Waals surface area contributed by atoms with Gasteiger partial charge in [0.25, 0.3) is 9.84 Å². The van der Waals surface area contributed by atoms with Gasteiger partial charge in [-0.25, -0.2) is 8.42 Å². The summed E-state index contributed by atoms with van der Waals surface area (Å²) >= 11 is 6.02. The van der Waals surface area contributed by atoms with Crippen molar-refractivity contribution >= 4 is 27.1 Å². The maximum Gasteiger partial charge on any atom is 0.501 e. The van der Waals surface area contributed by atoms with Crippen LogP contribution < -0.4 is 5.32 Å². The van der Waals surface area contributed by atoms with Crippen LogP contribution >= 0.6 is 11.6 Å². The SMILES string of the molecule is CC(C)C(Cl)CNc1ccc(S(=O)(=O)C(F)(F)F)cc1. The van der Waals surface area contributed by atoms with E-state index in [9.17, 15) is 21.6 Å². The molecule has 1 atom stereocenters. The van der Waals surface area contributed by atoms with E-state index in [-0.39, 0.29) is 11.3 Å². The lowest BCUT2D eigenvalue weighted by Gasteiger charge is -2.15. The summed E-state index contributed by atoms with van der Waals surface area (Å²) in [7, 11) is -5.29. The highest BCUT2D eigenvalue weighted by atomic mass is 35.5. The van der Waals surface area contributed by atoms with E-state index in [0.29, 0.717) is 12.2 Å². The number of hydrogen-bond donors (Lipinski definition) is 1. The molecule has 1 N–H and O–H groups in total. The molecule has 1 aromatic rings. The van der Waals surface area contributed by atoms with Gasteiger partial charge in [0.1, 0.15) is 0 Å². The molecular formula is C12H15ClF3NO2S. The summed E-state index contributed by atoms with van der Waals surface area (Å²) in [5.74, 6) is 0.244. The number of nitrogens with one attached hydrogen (secondary N) is 1. The predicted molar refractivity (Wildman–Crippen MR) is 72.7 cm³/mol. The Morgan fingerprint density at radius 1 is 1.20 bits per heavy atom. The smallest absolute Gasteiger partial charge is 0.384 e. The number of anilines is 1. The van der Waals surface area contributed by atoms with Crippen LogP contribution in [0.5, 0.6) is 0 Å². The fourth-order valence-electron chi connectivity index (χ4n) is 1.34. The Labute approximate surface area is 121 Å². The average Bonchev–Trinajstić information content (AvgIpc) is 2.34. The third kappa shape index (κ3) is 4.02. The summed E-state index contributed by atoms with van der Waals surface area (Å²) in [5.41, 5.74) is -4.78. The molecule has 0 aliphatic rings. The highest BCUT2D eigenvalue weighted by Gasteiger charge is 2.46. The number of rotatable bonds is 5. The van der Waals surface area contributed by atoms with Gasteiger partial charge in [-0.1, -0.05) is 13.8 Å². The van der Waals surface area contributed by atoms with Crippen molar-refractivity contribution in [1.82, 2.24) is 0 Å². The summed E-state index contributed by atoms with van der Waals surface area (Å²) in [6.07, 6.45) is 0. The Morgan fingerprint density at radius 2 is 1.70 bits per heavy atom. The fraction of sp³-hybridized carbons (Fsp3) is 0.500. The van der Waals surface area contributed by atoms with Gasteiger partial charge >= 0.3 is 5.51 Å². The van der Waals surface area contributed by atoms with Gasteiger partial charge in [0.15, 0.2) is 0 Å². The molecule has 0 spiro atoms. The molecular weight excluding hydrogens is 315 g/mol. The number of benzene rings is 1. The molecule has 3 nitrogen and oxygen atoms in total. The van der Waals surface area contributed by atoms with Gasteiger partial charge in [0, 0.05) is 12.2 Å². The van der Waals surface area contributed by atoms with Crippen molar-refractivity contribution in [2.75, 3.05) is 11.9 Å². The fourth-order valence-corrected chi connectivity index (χ4v) is 2.18. The Balaban J connectivity index is 2.80. The van der Waals surface area contributed by atoms with Crippen LogP contribution in [0.3, 0.4) is 0 Å². The molecule has 0 amide bonds. The molecule has 0 aliphatic carbocycles. The van der Waals surface area contributed by atoms with E-state index in [1.165, 1.54) is 12.1 Å². The van der Waals surface area contributed by atoms with E-state index in [0.717, 1.165) is 12.1 Å². The quantitative estimate of drug-likeness (QED) is 0.839. The van der Waals surface area contributed by atoms with Gasteiger partial charge in [-0.2, -0.15) is 13.2 Å². The van der Waals surface area contributed by atoms with Gasteiger partial charge in [0.05, 0.1) is 10.3 Å². The van der Waals surface area contributed by atoms with Crippen molar-refractivity contribution in [3.05, 3.63) is 24.3 Å². The van der Waals surface area contributed by atoms with Gasteiger partial charge in [-0.15, -0.1) is 11.6 Å². The molecule has 0 fully saturated rings. The first kappa shape index (κ1) is 17.1. The molecule has 20 heavy (non-hydrogen) atoms. The van der Waals surface area contributed by atoms with Crippen LogP contribution in [0.15, 0.2) is 29.2 Å². The zero-order valence-electron chi connectivity index (χ0n) is 10.9. The lowest BCUT2D eigenvalue weighted by molar-refractivity contribution is -0.0436. The van der Waals surface area contributed by atoms with Gasteiger partial charge in [-0.3, -0.25) is 0 Å². The van der Waals surface area contributed by atoms with Crippen LogP contribution in [0.4, 0.5) is 18.9 Å². The van der Waals surface area contributed by atoms with Gasteiger partial charge in [-0.05, 0) is 30.2 Å². The first-order chi connectivity index (χ1) is 9.05. The molecule has 0 radical (unpaired) electrons. The second-order valence-corrected chi connectivity index (χ2v) is 7.12. The van der Waals surface area contributed by atoms with Crippen molar-refractivity contribution in [2.45, 2.75) is 29.6 Å². The van der Waals surface area contributed by atoms with E-state index >= 15 is 0 Å². The number of sulfone groups is 1. The van der Waals surface area contributed by atoms with E-state index in [4.69, 9.17) is 11.6 Å². The Morgan fingerprint density at radius 3 is 2.10 bits per heavy atom. The second kappa shape index (κ2) is 6.22. The zero-order chi connectivity index (χ0) is 15.6. The standard InChI is InChI=1S/C12H15ClF3NO2S/c1-8(2)11(13)7-17-9-3-5-10(6-4-9)20(18,19)12(14,15)16/h3-6,8,11,17H,7H2,1-2H3. The molecule has 1 rings (SSSR count). The molecule has 0 saturated carbocycles. The first-order valence-corrected chi connectivity index (χ1v) is 7.77. The number of hydrogen-bond acceptors (Lipinski definition) is 3. The van der Waals surface area contributed by atoms with Gasteiger partial charge in [0.2, 0.25) is 0 Å². The summed E-state index contributed by atoms with van der Waals surface area (Å²) in [6.45, 7) is 4.32. The molecule has 0 saturated heterocycles. The molecule has 1 unspecified atom stereocenters. The highest BCUT2D eigenvalue weighted by molar-refractivity contribution is 7.92. The predicted octanol–water partition coefficient (Wildman–Crippen LogP) is 3.66. The van der Waals surface area contributed by atoms with Crippen LogP contribution in [0.1, 0.15) is 13.8 Å². The molecule has 0 aromatic heterocycles. The lowest BCUT2D eigenvalue weighted by Crippen LogP contribution is -2.23. The summed E-state index contributed by atoms with van der Waals surface area (Å²) < 4.78 is 59.3. The highest BCUT2D eigenvalue weighted by Crippen LogP contribution is 2.30. The second-order valence-electron chi connectivity index (χ2n) is 4.61. The summed E-state index contributed by atoms with van der Waals surface area (Å²) in [6, 6.07) is 4.40. The van der Waals surface area contributed by atoms with Crippen LogP contribution in [0, 0.1) is 5.92 Å². The summed E-state index contributed by atoms with van der Waals surface area (Å²) in [5, 5.41) is 2.80. The lowest BCUT2D eigenvalue weighted by atomic mass is 10.1. The van der Waals surface area contributed by atoms with Crippen molar-refractivity contribution in [1.29, 1.82) is 0 Å². The third-order valence-electron chi connectivity index (χ3n) is 2.69. The Hall–Kier alpha value is -0.950. The molecule has 0 heterocycles. The molecule has 0 aliphatic heterocycles. The van der Waals surface area contributed by atoms with Gasteiger partial charge < -0.3 is 5.32 Å².